The van der Waals surface area contributed by atoms with Crippen LogP contribution in [-0.2, 0) is 0 Å². The minimum Gasteiger partial charge on any atom is -0.487 e. The number of hydrogen-bond acceptors (Lipinski definition) is 3. The summed E-state index contributed by atoms with van der Waals surface area (Å²) in [5, 5.41) is 0. The van der Waals surface area contributed by atoms with Crippen LogP contribution in [0.25, 0.3) is 0 Å². The fraction of sp³-hybridized carbons (Fsp3) is 0.345. The maximum atomic E-state index is 14.5. The van der Waals surface area contributed by atoms with Crippen LogP contribution in [0.5, 0.6) is 5.75 Å². The van der Waals surface area contributed by atoms with Crippen LogP contribution in [0.4, 0.5) is 4.39 Å². The highest BCUT2D eigenvalue weighted by atomic mass is 19.1. The van der Waals surface area contributed by atoms with Crippen molar-refractivity contribution >= 4 is 5.78 Å². The second-order valence-corrected chi connectivity index (χ2v) is 8.62. The Balaban J connectivity index is 0.00000105. The van der Waals surface area contributed by atoms with Gasteiger partial charge < -0.3 is 4.74 Å². The third kappa shape index (κ3) is 5.17. The summed E-state index contributed by atoms with van der Waals surface area (Å²) in [5.74, 6) is 0.251. The lowest BCUT2D eigenvalue weighted by atomic mass is 9.93. The molecule has 0 radical (unpaired) electrons. The van der Waals surface area contributed by atoms with Crippen molar-refractivity contribution in [3.05, 3.63) is 101 Å². The normalized spacial score (nSPS) is 16.0. The quantitative estimate of drug-likeness (QED) is 0.364. The average Bonchev–Trinajstić information content (AvgIpc) is 3.65. The molecule has 0 N–H and O–H groups in total. The highest BCUT2D eigenvalue weighted by Crippen LogP contribution is 2.46. The molecule has 0 unspecified atom stereocenters. The van der Waals surface area contributed by atoms with E-state index in [4.69, 9.17) is 4.74 Å². The maximum Gasteiger partial charge on any atom is 0.162 e. The highest BCUT2D eigenvalue weighted by molar-refractivity contribution is 5.94. The standard InChI is InChI=1S/C27H26FNO2.C2H6.H2/c1-18(30)23-14-24(19-12-13-19)26(15-25(23)28)31-22-16-29(17-22)27(20-8-4-2-5-9-20)21-10-6-3-7-11-21;1-2;/h2-11,14-15,19,22,27H,12-13,16-17H2,1H3;1-2H3;1H. The Morgan fingerprint density at radius 3 is 2.00 bits per heavy atom. The van der Waals surface area contributed by atoms with Crippen LogP contribution in [0.3, 0.4) is 0 Å². The minimum absolute atomic E-state index is 0. The first-order valence-electron chi connectivity index (χ1n) is 11.9. The molecule has 0 bridgehead atoms. The lowest BCUT2D eigenvalue weighted by Crippen LogP contribution is -2.55. The summed E-state index contributed by atoms with van der Waals surface area (Å²) in [4.78, 5) is 14.2. The van der Waals surface area contributed by atoms with E-state index in [9.17, 15) is 9.18 Å². The van der Waals surface area contributed by atoms with Crippen molar-refractivity contribution in [3.63, 3.8) is 0 Å². The van der Waals surface area contributed by atoms with Crippen molar-refractivity contribution in [2.45, 2.75) is 51.7 Å². The summed E-state index contributed by atoms with van der Waals surface area (Å²) in [5.41, 5.74) is 3.65. The van der Waals surface area contributed by atoms with Crippen molar-refractivity contribution in [2.75, 3.05) is 13.1 Å². The van der Waals surface area contributed by atoms with E-state index in [2.05, 4.69) is 53.4 Å². The van der Waals surface area contributed by atoms with Crippen molar-refractivity contribution in [3.8, 4) is 5.75 Å². The number of Topliss-reactive ketones (excluding diaryl/α,β-unsaturated/α-hetero) is 1. The molecule has 1 heterocycles. The Kier molecular flexibility index (Phi) is 7.24. The Hall–Kier alpha value is -2.98. The van der Waals surface area contributed by atoms with Gasteiger partial charge in [0, 0.05) is 20.6 Å². The molecule has 2 fully saturated rings. The lowest BCUT2D eigenvalue weighted by molar-refractivity contribution is -0.000360. The molecular formula is C29H34FNO2. The number of ether oxygens (including phenoxy) is 1. The van der Waals surface area contributed by atoms with Crippen LogP contribution >= 0.6 is 0 Å². The number of carbonyl (C=O) groups is 1. The summed E-state index contributed by atoms with van der Waals surface area (Å²) >= 11 is 0. The highest BCUT2D eigenvalue weighted by Gasteiger charge is 2.37. The maximum absolute atomic E-state index is 14.5. The van der Waals surface area contributed by atoms with Gasteiger partial charge in [0.25, 0.3) is 0 Å². The molecule has 33 heavy (non-hydrogen) atoms. The second kappa shape index (κ2) is 10.3. The van der Waals surface area contributed by atoms with Crippen molar-refractivity contribution in [1.29, 1.82) is 0 Å². The van der Waals surface area contributed by atoms with Gasteiger partial charge in [0.1, 0.15) is 17.7 Å². The molecule has 0 spiro atoms. The average molecular weight is 448 g/mol. The van der Waals surface area contributed by atoms with E-state index < -0.39 is 5.82 Å². The van der Waals surface area contributed by atoms with E-state index in [1.165, 1.54) is 24.1 Å². The summed E-state index contributed by atoms with van der Waals surface area (Å²) in [7, 11) is 0. The molecule has 2 aliphatic rings. The number of halogens is 1. The van der Waals surface area contributed by atoms with Gasteiger partial charge in [-0.2, -0.15) is 0 Å². The first kappa shape index (κ1) is 23.2. The molecule has 1 aliphatic carbocycles. The monoisotopic (exact) mass is 447 g/mol. The number of likely N-dealkylation sites (tertiary alicyclic amines) is 1. The summed E-state index contributed by atoms with van der Waals surface area (Å²) < 4.78 is 20.7. The van der Waals surface area contributed by atoms with Crippen molar-refractivity contribution < 1.29 is 15.3 Å². The molecule has 3 aromatic carbocycles. The summed E-state index contributed by atoms with van der Waals surface area (Å²) in [6, 6.07) is 24.3. The molecular weight excluding hydrogens is 413 g/mol. The SMILES string of the molecule is CC.CC(=O)c1cc(C2CC2)c(OC2CN(C(c3ccccc3)c3ccccc3)C2)cc1F.[HH]. The zero-order valence-electron chi connectivity index (χ0n) is 19.6. The fourth-order valence-corrected chi connectivity index (χ4v) is 4.48. The van der Waals surface area contributed by atoms with Gasteiger partial charge in [-0.05, 0) is 48.4 Å². The molecule has 0 atom stereocenters. The van der Waals surface area contributed by atoms with Gasteiger partial charge in [0.2, 0.25) is 0 Å². The molecule has 4 heteroatoms. The molecule has 1 saturated carbocycles. The first-order chi connectivity index (χ1) is 16.1. The van der Waals surface area contributed by atoms with Crippen LogP contribution in [0.15, 0.2) is 72.8 Å². The Labute approximate surface area is 197 Å². The van der Waals surface area contributed by atoms with Crippen LogP contribution < -0.4 is 4.74 Å². The number of rotatable bonds is 7. The van der Waals surface area contributed by atoms with Crippen molar-refractivity contribution in [2.24, 2.45) is 0 Å². The fourth-order valence-electron chi connectivity index (χ4n) is 4.48. The van der Waals surface area contributed by atoms with E-state index in [0.717, 1.165) is 31.5 Å². The van der Waals surface area contributed by atoms with Crippen LogP contribution in [0.1, 0.15) is 74.0 Å². The van der Waals surface area contributed by atoms with E-state index in [0.29, 0.717) is 11.7 Å². The largest absolute Gasteiger partial charge is 0.487 e. The van der Waals surface area contributed by atoms with Gasteiger partial charge >= 0.3 is 0 Å². The van der Waals surface area contributed by atoms with Gasteiger partial charge in [-0.15, -0.1) is 0 Å². The minimum atomic E-state index is -0.491. The van der Waals surface area contributed by atoms with Crippen molar-refractivity contribution in [1.82, 2.24) is 4.90 Å². The smallest absolute Gasteiger partial charge is 0.162 e. The van der Waals surface area contributed by atoms with Crippen LogP contribution in [0, 0.1) is 5.82 Å². The van der Waals surface area contributed by atoms with Crippen LogP contribution in [-0.4, -0.2) is 29.9 Å². The zero-order valence-corrected chi connectivity index (χ0v) is 19.6. The predicted octanol–water partition coefficient (Wildman–Crippen LogP) is 7.03. The molecule has 5 rings (SSSR count). The number of carbonyl (C=O) groups excluding carboxylic acids is 1. The Morgan fingerprint density at radius 1 is 0.970 bits per heavy atom. The number of ketones is 1. The van der Waals surface area contributed by atoms with Gasteiger partial charge in [-0.3, -0.25) is 9.69 Å². The molecule has 174 valence electrons. The second-order valence-electron chi connectivity index (χ2n) is 8.62. The molecule has 1 saturated heterocycles. The van der Waals surface area contributed by atoms with Gasteiger partial charge in [0.05, 0.1) is 11.6 Å². The van der Waals surface area contributed by atoms with Gasteiger partial charge in [0.15, 0.2) is 5.78 Å². The number of hydrogen-bond donors (Lipinski definition) is 0. The zero-order chi connectivity index (χ0) is 23.4. The molecule has 1 aliphatic heterocycles. The topological polar surface area (TPSA) is 29.5 Å². The third-order valence-corrected chi connectivity index (χ3v) is 6.26. The number of nitrogens with zero attached hydrogens (tertiary/aromatic N) is 1. The molecule has 3 nitrogen and oxygen atoms in total. The van der Waals surface area contributed by atoms with Crippen LogP contribution in [0.2, 0.25) is 0 Å². The van der Waals surface area contributed by atoms with Gasteiger partial charge in [-0.1, -0.05) is 74.5 Å². The van der Waals surface area contributed by atoms with E-state index >= 15 is 0 Å². The van der Waals surface area contributed by atoms with E-state index in [-0.39, 0.29) is 24.9 Å². The Bertz CT molecular complexity index is 1040. The predicted molar refractivity (Wildman–Crippen MR) is 133 cm³/mol. The lowest BCUT2D eigenvalue weighted by Gasteiger charge is -2.44. The number of benzene rings is 3. The van der Waals surface area contributed by atoms with Gasteiger partial charge in [-0.25, -0.2) is 4.39 Å². The Morgan fingerprint density at radius 2 is 1.52 bits per heavy atom. The molecule has 3 aromatic rings. The van der Waals surface area contributed by atoms with E-state index in [1.54, 1.807) is 6.07 Å². The third-order valence-electron chi connectivity index (χ3n) is 6.26. The molecule has 0 amide bonds. The molecule has 0 aromatic heterocycles. The van der Waals surface area contributed by atoms with E-state index in [1.807, 2.05) is 26.0 Å². The summed E-state index contributed by atoms with van der Waals surface area (Å²) in [6.07, 6.45) is 2.15. The first-order valence-corrected chi connectivity index (χ1v) is 11.9. The summed E-state index contributed by atoms with van der Waals surface area (Å²) in [6.45, 7) is 6.95.